The van der Waals surface area contributed by atoms with Crippen molar-refractivity contribution in [3.8, 4) is 6.07 Å². The lowest BCUT2D eigenvalue weighted by molar-refractivity contribution is -0.140. The van der Waals surface area contributed by atoms with Gasteiger partial charge in [-0.05, 0) is 44.9 Å². The largest absolute Gasteiger partial charge is 0.341 e. The molecule has 1 atom stereocenters. The first kappa shape index (κ1) is 14.0. The van der Waals surface area contributed by atoms with Crippen LogP contribution in [0.2, 0.25) is 0 Å². The number of hydrogen-bond acceptors (Lipinski definition) is 2. The maximum absolute atomic E-state index is 12.3. The number of nitrogens with zero attached hydrogens (tertiary/aromatic N) is 2. The molecular formula is C14H24N2O. The highest BCUT2D eigenvalue weighted by Crippen LogP contribution is 2.30. The van der Waals surface area contributed by atoms with Crippen LogP contribution in [0.25, 0.3) is 0 Å². The molecule has 1 amide bonds. The van der Waals surface area contributed by atoms with Crippen LogP contribution in [0.3, 0.4) is 0 Å². The number of carbonyl (C=O) groups is 1. The number of rotatable bonds is 3. The molecule has 1 saturated carbocycles. The van der Waals surface area contributed by atoms with Gasteiger partial charge in [0.2, 0.25) is 5.91 Å². The van der Waals surface area contributed by atoms with Gasteiger partial charge in [-0.2, -0.15) is 5.26 Å². The Morgan fingerprint density at radius 2 is 1.94 bits per heavy atom. The van der Waals surface area contributed by atoms with Gasteiger partial charge in [0.1, 0.15) is 5.41 Å². The van der Waals surface area contributed by atoms with Crippen LogP contribution in [0.5, 0.6) is 0 Å². The van der Waals surface area contributed by atoms with E-state index in [0.29, 0.717) is 12.5 Å². The zero-order chi connectivity index (χ0) is 13.1. The van der Waals surface area contributed by atoms with Crippen molar-refractivity contribution in [1.82, 2.24) is 4.90 Å². The topological polar surface area (TPSA) is 44.1 Å². The number of hydrogen-bond donors (Lipinski definition) is 0. The summed E-state index contributed by atoms with van der Waals surface area (Å²) in [6.45, 7) is 5.92. The van der Waals surface area contributed by atoms with Crippen LogP contribution in [0.15, 0.2) is 0 Å². The third kappa shape index (κ3) is 3.00. The molecule has 0 aliphatic heterocycles. The Hall–Kier alpha value is -1.04. The van der Waals surface area contributed by atoms with Crippen molar-refractivity contribution < 1.29 is 4.79 Å². The Kier molecular flexibility index (Phi) is 4.56. The minimum absolute atomic E-state index is 0.0120. The minimum Gasteiger partial charge on any atom is -0.341 e. The second-order valence-corrected chi connectivity index (χ2v) is 5.63. The van der Waals surface area contributed by atoms with Crippen molar-refractivity contribution in [2.75, 3.05) is 7.05 Å². The van der Waals surface area contributed by atoms with Gasteiger partial charge in [-0.15, -0.1) is 0 Å². The third-order valence-corrected chi connectivity index (χ3v) is 4.28. The summed E-state index contributed by atoms with van der Waals surface area (Å²) in [5.74, 6) is 0.769. The number of nitriles is 1. The van der Waals surface area contributed by atoms with Crippen molar-refractivity contribution >= 4 is 5.91 Å². The summed E-state index contributed by atoms with van der Waals surface area (Å²) < 4.78 is 0. The average Bonchev–Trinajstić information content (AvgIpc) is 2.37. The molecule has 1 rings (SSSR count). The smallest absolute Gasteiger partial charge is 0.242 e. The monoisotopic (exact) mass is 236 g/mol. The lowest BCUT2D eigenvalue weighted by atomic mass is 9.83. The maximum atomic E-state index is 12.3. The second-order valence-electron chi connectivity index (χ2n) is 5.63. The lowest BCUT2D eigenvalue weighted by Gasteiger charge is -2.36. The zero-order valence-electron chi connectivity index (χ0n) is 11.5. The summed E-state index contributed by atoms with van der Waals surface area (Å²) in [5, 5.41) is 9.15. The van der Waals surface area contributed by atoms with Gasteiger partial charge in [-0.25, -0.2) is 0 Å². The van der Waals surface area contributed by atoms with E-state index in [9.17, 15) is 4.79 Å². The van der Waals surface area contributed by atoms with Gasteiger partial charge in [0.05, 0.1) is 6.07 Å². The molecular weight excluding hydrogens is 212 g/mol. The first-order valence-electron chi connectivity index (χ1n) is 6.63. The van der Waals surface area contributed by atoms with E-state index in [2.05, 4.69) is 13.0 Å². The Balaban J connectivity index is 2.67. The first-order chi connectivity index (χ1) is 7.94. The molecule has 0 aromatic carbocycles. The summed E-state index contributed by atoms with van der Waals surface area (Å²) in [6, 6.07) is 2.50. The van der Waals surface area contributed by atoms with Crippen molar-refractivity contribution in [3.05, 3.63) is 0 Å². The molecule has 0 bridgehead atoms. The molecule has 0 N–H and O–H groups in total. The van der Waals surface area contributed by atoms with Crippen molar-refractivity contribution in [1.29, 1.82) is 5.26 Å². The van der Waals surface area contributed by atoms with Gasteiger partial charge in [0, 0.05) is 13.1 Å². The van der Waals surface area contributed by atoms with Crippen molar-refractivity contribution in [3.63, 3.8) is 0 Å². The highest BCUT2D eigenvalue weighted by atomic mass is 16.2. The number of amides is 1. The van der Waals surface area contributed by atoms with Gasteiger partial charge in [-0.3, -0.25) is 4.79 Å². The fourth-order valence-corrected chi connectivity index (χ4v) is 2.46. The van der Waals surface area contributed by atoms with Crippen LogP contribution >= 0.6 is 0 Å². The van der Waals surface area contributed by atoms with E-state index in [1.165, 1.54) is 12.8 Å². The van der Waals surface area contributed by atoms with E-state index in [0.717, 1.165) is 18.8 Å². The Bertz CT molecular complexity index is 313. The van der Waals surface area contributed by atoms with Gasteiger partial charge < -0.3 is 4.90 Å². The normalized spacial score (nSPS) is 27.9. The van der Waals surface area contributed by atoms with Crippen molar-refractivity contribution in [2.24, 2.45) is 11.3 Å². The van der Waals surface area contributed by atoms with Gasteiger partial charge in [-0.1, -0.05) is 13.8 Å². The summed E-state index contributed by atoms with van der Waals surface area (Å²) >= 11 is 0. The van der Waals surface area contributed by atoms with E-state index in [1.54, 1.807) is 6.92 Å². The first-order valence-corrected chi connectivity index (χ1v) is 6.63. The highest BCUT2D eigenvalue weighted by molar-refractivity contribution is 5.85. The van der Waals surface area contributed by atoms with Crippen LogP contribution in [0.4, 0.5) is 0 Å². The predicted octanol–water partition coefficient (Wildman–Crippen LogP) is 2.96. The molecule has 3 heteroatoms. The molecule has 96 valence electrons. The summed E-state index contributed by atoms with van der Waals surface area (Å²) in [6.07, 6.45) is 5.12. The highest BCUT2D eigenvalue weighted by Gasteiger charge is 2.36. The fraction of sp³-hybridized carbons (Fsp3) is 0.857. The molecule has 0 spiro atoms. The predicted molar refractivity (Wildman–Crippen MR) is 68.2 cm³/mol. The van der Waals surface area contributed by atoms with E-state index >= 15 is 0 Å². The van der Waals surface area contributed by atoms with Gasteiger partial charge in [0.15, 0.2) is 0 Å². The lowest BCUT2D eigenvalue weighted by Crippen LogP contribution is -2.46. The van der Waals surface area contributed by atoms with E-state index in [-0.39, 0.29) is 5.91 Å². The summed E-state index contributed by atoms with van der Waals surface area (Å²) in [4.78, 5) is 14.1. The standard InChI is InChI=1S/C14H24N2O/c1-5-14(3,10-15)13(17)16(4)12-8-6-11(2)7-9-12/h11-12H,5-9H2,1-4H3. The maximum Gasteiger partial charge on any atom is 0.242 e. The van der Waals surface area contributed by atoms with Crippen molar-refractivity contribution in [2.45, 2.75) is 58.9 Å². The number of carbonyl (C=O) groups excluding carboxylic acids is 1. The van der Waals surface area contributed by atoms with Gasteiger partial charge >= 0.3 is 0 Å². The minimum atomic E-state index is -0.849. The van der Waals surface area contributed by atoms with Gasteiger partial charge in [0.25, 0.3) is 0 Å². The third-order valence-electron chi connectivity index (χ3n) is 4.28. The Labute approximate surface area is 105 Å². The molecule has 1 fully saturated rings. The molecule has 0 saturated heterocycles. The molecule has 0 heterocycles. The SMILES string of the molecule is CCC(C)(C#N)C(=O)N(C)C1CCC(C)CC1. The summed E-state index contributed by atoms with van der Waals surface area (Å²) in [7, 11) is 1.86. The average molecular weight is 236 g/mol. The molecule has 0 radical (unpaired) electrons. The van der Waals surface area contributed by atoms with Crippen LogP contribution in [-0.4, -0.2) is 23.9 Å². The second kappa shape index (κ2) is 5.53. The quantitative estimate of drug-likeness (QED) is 0.756. The van der Waals surface area contributed by atoms with E-state index < -0.39 is 5.41 Å². The molecule has 3 nitrogen and oxygen atoms in total. The van der Waals surface area contributed by atoms with Crippen LogP contribution in [0, 0.1) is 22.7 Å². The Morgan fingerprint density at radius 3 is 2.35 bits per heavy atom. The molecule has 1 unspecified atom stereocenters. The molecule has 0 aromatic rings. The molecule has 17 heavy (non-hydrogen) atoms. The van der Waals surface area contributed by atoms with Crippen LogP contribution < -0.4 is 0 Å². The van der Waals surface area contributed by atoms with E-state index in [1.807, 2.05) is 18.9 Å². The molecule has 0 aromatic heterocycles. The van der Waals surface area contributed by atoms with E-state index in [4.69, 9.17) is 5.26 Å². The fourth-order valence-electron chi connectivity index (χ4n) is 2.46. The molecule has 1 aliphatic carbocycles. The van der Waals surface area contributed by atoms with Crippen LogP contribution in [0.1, 0.15) is 52.9 Å². The Morgan fingerprint density at radius 1 is 1.41 bits per heavy atom. The molecule has 1 aliphatic rings. The summed E-state index contributed by atoms with van der Waals surface area (Å²) in [5.41, 5.74) is -0.849. The van der Waals surface area contributed by atoms with Crippen LogP contribution in [-0.2, 0) is 4.79 Å². The zero-order valence-corrected chi connectivity index (χ0v) is 11.5.